The van der Waals surface area contributed by atoms with Gasteiger partial charge in [0.25, 0.3) is 5.97 Å². The Balaban J connectivity index is -0.000000123. The van der Waals surface area contributed by atoms with Crippen LogP contribution in [0.15, 0.2) is 12.5 Å². The molecule has 3 N–H and O–H groups in total. The molecule has 1 heterocycles. The SMILES string of the molecule is [C-]=O.[C-]=O.[C-]=O.[NH-][C@@H](Cc1c[nH]cn1)C(=O)O.[Re]. The van der Waals surface area contributed by atoms with Gasteiger partial charge in [-0.05, 0) is 12.5 Å². The fourth-order valence-corrected chi connectivity index (χ4v) is 0.699. The number of aromatic nitrogens is 2. The van der Waals surface area contributed by atoms with Crippen LogP contribution in [0.4, 0.5) is 0 Å². The van der Waals surface area contributed by atoms with Crippen molar-refractivity contribution in [1.82, 2.24) is 9.97 Å². The van der Waals surface area contributed by atoms with E-state index in [1.54, 1.807) is 6.20 Å². The van der Waals surface area contributed by atoms with Gasteiger partial charge in [-0.1, -0.05) is 0 Å². The molecule has 4 radical (unpaired) electrons. The van der Waals surface area contributed by atoms with Crippen LogP contribution in [-0.2, 0) is 46.0 Å². The number of imidazole rings is 1. The molecule has 100 valence electrons. The van der Waals surface area contributed by atoms with E-state index in [9.17, 15) is 4.79 Å². The van der Waals surface area contributed by atoms with Crippen LogP contribution in [0.2, 0.25) is 0 Å². The van der Waals surface area contributed by atoms with Crippen molar-refractivity contribution in [3.8, 4) is 0 Å². The molecule has 0 amide bonds. The molecule has 0 saturated carbocycles. The molecule has 8 nitrogen and oxygen atoms in total. The van der Waals surface area contributed by atoms with Gasteiger partial charge in [0, 0.05) is 26.6 Å². The molecule has 0 spiro atoms. The number of rotatable bonds is 3. The van der Waals surface area contributed by atoms with Crippen LogP contribution in [0.3, 0.4) is 0 Å². The molecule has 0 bridgehead atoms. The number of nitrogens with one attached hydrogen (secondary N) is 2. The second-order valence-electron chi connectivity index (χ2n) is 2.16. The van der Waals surface area contributed by atoms with Crippen LogP contribution in [0.25, 0.3) is 5.73 Å². The summed E-state index contributed by atoms with van der Waals surface area (Å²) >= 11 is 0. The second kappa shape index (κ2) is 20.7. The minimum atomic E-state index is -1.12. The number of carboxylic acids is 1. The molecule has 0 aliphatic rings. The minimum absolute atomic E-state index is 0. The molecule has 1 rings (SSSR count). The summed E-state index contributed by atoms with van der Waals surface area (Å²) in [5.74, 6) is -1.12. The first-order chi connectivity index (χ1) is 8.20. The van der Waals surface area contributed by atoms with Gasteiger partial charge in [0.15, 0.2) is 0 Å². The van der Waals surface area contributed by atoms with Crippen LogP contribution in [0, 0.1) is 0 Å². The van der Waals surface area contributed by atoms with Crippen molar-refractivity contribution in [1.29, 1.82) is 0 Å². The molecule has 0 aliphatic carbocycles. The molecule has 18 heavy (non-hydrogen) atoms. The average Bonchev–Trinajstić information content (AvgIpc) is 2.89. The van der Waals surface area contributed by atoms with Crippen LogP contribution in [-0.4, -0.2) is 47.5 Å². The number of hydrogen-bond acceptors (Lipinski definition) is 5. The first-order valence-electron chi connectivity index (χ1n) is 3.73. The van der Waals surface area contributed by atoms with Gasteiger partial charge in [0.2, 0.25) is 0 Å². The number of carbonyl (C=O) groups is 1. The van der Waals surface area contributed by atoms with Crippen molar-refractivity contribution in [2.24, 2.45) is 0 Å². The number of aliphatic carboxylic acids is 1. The number of hydrogen-bond donors (Lipinski definition) is 2. The minimum Gasteiger partial charge on any atom is -0.665 e. The van der Waals surface area contributed by atoms with E-state index in [1.807, 2.05) is 0 Å². The smallest absolute Gasteiger partial charge is 0.285 e. The largest absolute Gasteiger partial charge is 0.665 e. The van der Waals surface area contributed by atoms with Crippen molar-refractivity contribution < 1.29 is 44.7 Å². The standard InChI is InChI=1S/C6H8N3O2.3CO.Re/c7-5(6(10)11)1-4-2-8-3-9-4;3*1-2;/h2-3,5,7H,1H2,(H,8,9)(H,10,11);;;;/q4*-1;/t5-;;;;/m0..../s1. The number of nitrogens with zero attached hydrogens (tertiary/aromatic N) is 1. The Morgan fingerprint density at radius 1 is 1.33 bits per heavy atom. The monoisotopic (exact) mass is 425 g/mol. The van der Waals surface area contributed by atoms with E-state index in [4.69, 9.17) is 25.2 Å². The van der Waals surface area contributed by atoms with Gasteiger partial charge in [-0.25, -0.2) is 4.98 Å². The van der Waals surface area contributed by atoms with Gasteiger partial charge < -0.3 is 50.6 Å². The van der Waals surface area contributed by atoms with E-state index in [-0.39, 0.29) is 26.8 Å². The van der Waals surface area contributed by atoms with Crippen LogP contribution >= 0.6 is 0 Å². The summed E-state index contributed by atoms with van der Waals surface area (Å²) in [7, 11) is 0. The van der Waals surface area contributed by atoms with E-state index in [0.717, 1.165) is 0 Å². The van der Waals surface area contributed by atoms with Gasteiger partial charge in [0.05, 0.1) is 12.0 Å². The van der Waals surface area contributed by atoms with Crippen molar-refractivity contribution in [2.45, 2.75) is 12.5 Å². The molecular weight excluding hydrogens is 416 g/mol. The summed E-state index contributed by atoms with van der Waals surface area (Å²) in [5.41, 5.74) is 7.65. The zero-order valence-corrected chi connectivity index (χ0v) is 11.6. The van der Waals surface area contributed by atoms with E-state index in [1.165, 1.54) is 6.33 Å². The Labute approximate surface area is 118 Å². The number of aromatic amines is 1. The van der Waals surface area contributed by atoms with Gasteiger partial charge >= 0.3 is 0 Å². The average molecular weight is 424 g/mol. The fourth-order valence-electron chi connectivity index (χ4n) is 0.699. The van der Waals surface area contributed by atoms with E-state index in [2.05, 4.69) is 30.3 Å². The number of H-pyrrole nitrogens is 1. The third-order valence-electron chi connectivity index (χ3n) is 1.27. The molecule has 9 heteroatoms. The van der Waals surface area contributed by atoms with Crippen molar-refractivity contribution in [3.63, 3.8) is 0 Å². The van der Waals surface area contributed by atoms with E-state index in [0.29, 0.717) is 5.69 Å². The molecule has 0 aromatic carbocycles. The predicted molar refractivity (Wildman–Crippen MR) is 55.1 cm³/mol. The maximum Gasteiger partial charge on any atom is 0.285 e. The predicted octanol–water partition coefficient (Wildman–Crippen LogP) is -0.736. The second-order valence-corrected chi connectivity index (χ2v) is 2.16. The molecule has 1 atom stereocenters. The van der Waals surface area contributed by atoms with Crippen LogP contribution in [0.1, 0.15) is 5.69 Å². The van der Waals surface area contributed by atoms with Crippen molar-refractivity contribution in [2.75, 3.05) is 0 Å². The summed E-state index contributed by atoms with van der Waals surface area (Å²) in [6.07, 6.45) is 3.20. The first-order valence-corrected chi connectivity index (χ1v) is 3.73. The van der Waals surface area contributed by atoms with Gasteiger partial charge in [0.1, 0.15) is 0 Å². The Bertz CT molecular complexity index is 279. The molecule has 1 aromatic rings. The first kappa shape index (κ1) is 25.2. The van der Waals surface area contributed by atoms with E-state index >= 15 is 0 Å². The number of carboxylic acid groups (broad SMARTS) is 1. The molecule has 0 unspecified atom stereocenters. The Hall–Kier alpha value is -1.69. The molecular formula is C9H8N3O5Re-4. The third-order valence-corrected chi connectivity index (χ3v) is 1.27. The van der Waals surface area contributed by atoms with Crippen molar-refractivity contribution >= 4 is 26.3 Å². The fraction of sp³-hybridized carbons (Fsp3) is 0.222. The van der Waals surface area contributed by atoms with Gasteiger partial charge in [-0.3, -0.25) is 4.79 Å². The number of carbonyl (C=O) groups excluding carboxylic acids is 3. The van der Waals surface area contributed by atoms with Crippen LogP contribution in [0.5, 0.6) is 0 Å². The summed E-state index contributed by atoms with van der Waals surface area (Å²) in [6.45, 7) is 13.5. The topological polar surface area (TPSA) is 141 Å². The summed E-state index contributed by atoms with van der Waals surface area (Å²) in [4.78, 5) is 39.2. The zero-order chi connectivity index (χ0) is 14.3. The normalized spacial score (nSPS) is 8.50. The Kier molecular flexibility index (Phi) is 29.0. The Morgan fingerprint density at radius 2 is 1.78 bits per heavy atom. The van der Waals surface area contributed by atoms with Crippen molar-refractivity contribution in [3.05, 3.63) is 24.0 Å². The maximum absolute atomic E-state index is 10.2. The molecule has 0 saturated heterocycles. The maximum atomic E-state index is 10.2. The van der Waals surface area contributed by atoms with Gasteiger partial charge in [-0.2, -0.15) is 0 Å². The summed E-state index contributed by atoms with van der Waals surface area (Å²) in [5, 5.41) is 8.36. The molecule has 0 fully saturated rings. The molecule has 0 aliphatic heterocycles. The quantitative estimate of drug-likeness (QED) is 0.613. The van der Waals surface area contributed by atoms with Crippen LogP contribution < -0.4 is 0 Å². The Morgan fingerprint density at radius 3 is 2.06 bits per heavy atom. The molecule has 1 aromatic heterocycles. The third kappa shape index (κ3) is 14.3. The van der Waals surface area contributed by atoms with E-state index < -0.39 is 12.0 Å². The van der Waals surface area contributed by atoms with Gasteiger partial charge in [-0.15, -0.1) is 0 Å². The zero-order valence-electron chi connectivity index (χ0n) is 8.84. The summed E-state index contributed by atoms with van der Waals surface area (Å²) < 4.78 is 0. The summed E-state index contributed by atoms with van der Waals surface area (Å²) in [6, 6.07) is -1.11.